The number of rotatable bonds is 9. The average molecular weight is 365 g/mol. The van der Waals surface area contributed by atoms with Crippen LogP contribution < -0.4 is 21.1 Å². The van der Waals surface area contributed by atoms with E-state index in [0.717, 1.165) is 0 Å². The lowest BCUT2D eigenvalue weighted by molar-refractivity contribution is -0.149. The highest BCUT2D eigenvalue weighted by atomic mass is 16.5. The van der Waals surface area contributed by atoms with Crippen LogP contribution in [0.2, 0.25) is 0 Å². The molecule has 0 aliphatic heterocycles. The minimum Gasteiger partial charge on any atom is -0.490 e. The number of carbonyl (C=O) groups is 3. The molecule has 0 aromatic heterocycles. The molecule has 1 aromatic carbocycles. The van der Waals surface area contributed by atoms with Gasteiger partial charge in [-0.2, -0.15) is 0 Å². The van der Waals surface area contributed by atoms with Gasteiger partial charge in [-0.1, -0.05) is 13.8 Å². The predicted octanol–water partition coefficient (Wildman–Crippen LogP) is 2.59. The number of benzene rings is 1. The third-order valence-corrected chi connectivity index (χ3v) is 4.26. The van der Waals surface area contributed by atoms with Crippen molar-refractivity contribution >= 4 is 23.6 Å². The number of ether oxygens (including phenoxy) is 1. The van der Waals surface area contributed by atoms with Crippen molar-refractivity contribution < 1.29 is 24.2 Å². The highest BCUT2D eigenvalue weighted by molar-refractivity contribution is 5.98. The van der Waals surface area contributed by atoms with E-state index in [1.165, 1.54) is 6.07 Å². The van der Waals surface area contributed by atoms with Gasteiger partial charge in [-0.3, -0.25) is 9.59 Å². The lowest BCUT2D eigenvalue weighted by atomic mass is 9.82. The number of aliphatic carboxylic acids is 1. The molecule has 3 amide bonds. The molecule has 0 aliphatic rings. The molecule has 0 spiro atoms. The van der Waals surface area contributed by atoms with Crippen LogP contribution in [0.5, 0.6) is 5.75 Å². The Kier molecular flexibility index (Phi) is 7.42. The molecule has 1 rings (SSSR count). The van der Waals surface area contributed by atoms with Crippen LogP contribution in [0.4, 0.5) is 10.5 Å². The normalized spacial score (nSPS) is 11.1. The van der Waals surface area contributed by atoms with E-state index in [0.29, 0.717) is 24.3 Å². The van der Waals surface area contributed by atoms with Gasteiger partial charge >= 0.3 is 12.0 Å². The van der Waals surface area contributed by atoms with Crippen molar-refractivity contribution in [2.75, 3.05) is 11.9 Å². The number of nitrogens with two attached hydrogens (primary N) is 1. The molecule has 0 fully saturated rings. The van der Waals surface area contributed by atoms with Gasteiger partial charge in [0.1, 0.15) is 5.75 Å². The van der Waals surface area contributed by atoms with Crippen LogP contribution in [0.3, 0.4) is 0 Å². The van der Waals surface area contributed by atoms with Crippen LogP contribution in [0.1, 0.15) is 50.9 Å². The number of nitrogens with one attached hydrogen (secondary N) is 2. The van der Waals surface area contributed by atoms with Gasteiger partial charge in [0.25, 0.3) is 5.91 Å². The van der Waals surface area contributed by atoms with Crippen LogP contribution in [-0.2, 0) is 4.79 Å². The monoisotopic (exact) mass is 365 g/mol. The SMILES string of the molecule is CCC(CC)(CNC(=O)Nc1ccc(OC(C)C)c(C(N)=O)c1)C(=O)O. The minimum atomic E-state index is -1.01. The van der Waals surface area contributed by atoms with Crippen molar-refractivity contribution in [2.24, 2.45) is 11.1 Å². The van der Waals surface area contributed by atoms with Crippen LogP contribution >= 0.6 is 0 Å². The molecule has 8 heteroatoms. The first-order valence-electron chi connectivity index (χ1n) is 8.54. The van der Waals surface area contributed by atoms with Gasteiger partial charge in [0.15, 0.2) is 0 Å². The Balaban J connectivity index is 2.85. The van der Waals surface area contributed by atoms with Gasteiger partial charge in [-0.05, 0) is 44.9 Å². The topological polar surface area (TPSA) is 131 Å². The predicted molar refractivity (Wildman–Crippen MR) is 98.4 cm³/mol. The van der Waals surface area contributed by atoms with Crippen molar-refractivity contribution in [1.82, 2.24) is 5.32 Å². The van der Waals surface area contributed by atoms with Crippen molar-refractivity contribution in [1.29, 1.82) is 0 Å². The molecule has 0 aliphatic carbocycles. The van der Waals surface area contributed by atoms with E-state index in [2.05, 4.69) is 10.6 Å². The van der Waals surface area contributed by atoms with Crippen molar-refractivity contribution in [2.45, 2.75) is 46.6 Å². The highest BCUT2D eigenvalue weighted by Crippen LogP contribution is 2.26. The molecule has 26 heavy (non-hydrogen) atoms. The van der Waals surface area contributed by atoms with Gasteiger partial charge in [-0.15, -0.1) is 0 Å². The number of carboxylic acids is 1. The van der Waals surface area contributed by atoms with Gasteiger partial charge in [0.2, 0.25) is 0 Å². The Bertz CT molecular complexity index is 669. The zero-order chi connectivity index (χ0) is 19.9. The van der Waals surface area contributed by atoms with E-state index in [-0.39, 0.29) is 18.2 Å². The van der Waals surface area contributed by atoms with E-state index in [4.69, 9.17) is 10.5 Å². The quantitative estimate of drug-likeness (QED) is 0.534. The number of urea groups is 1. The molecule has 0 bridgehead atoms. The standard InChI is InChI=1S/C18H27N3O5/c1-5-18(6-2,16(23)24)10-20-17(25)21-12-7-8-14(26-11(3)4)13(9-12)15(19)22/h7-9,11H,5-6,10H2,1-4H3,(H2,19,22)(H,23,24)(H2,20,21,25). The van der Waals surface area contributed by atoms with Gasteiger partial charge in [0, 0.05) is 12.2 Å². The molecule has 0 saturated carbocycles. The zero-order valence-electron chi connectivity index (χ0n) is 15.6. The van der Waals surface area contributed by atoms with Crippen LogP contribution in [0.15, 0.2) is 18.2 Å². The van der Waals surface area contributed by atoms with E-state index in [1.807, 2.05) is 13.8 Å². The summed E-state index contributed by atoms with van der Waals surface area (Å²) in [6, 6.07) is 3.98. The fraction of sp³-hybridized carbons (Fsp3) is 0.500. The van der Waals surface area contributed by atoms with Gasteiger partial charge < -0.3 is 26.2 Å². The van der Waals surface area contributed by atoms with Crippen LogP contribution in [0.25, 0.3) is 0 Å². The maximum atomic E-state index is 12.1. The number of hydrogen-bond donors (Lipinski definition) is 4. The Morgan fingerprint density at radius 3 is 2.31 bits per heavy atom. The van der Waals surface area contributed by atoms with E-state index < -0.39 is 23.3 Å². The summed E-state index contributed by atoms with van der Waals surface area (Å²) in [6.45, 7) is 7.17. The molecule has 0 atom stereocenters. The molecule has 1 aromatic rings. The Morgan fingerprint density at radius 2 is 1.85 bits per heavy atom. The van der Waals surface area contributed by atoms with Crippen molar-refractivity contribution in [3.8, 4) is 5.75 Å². The third-order valence-electron chi connectivity index (χ3n) is 4.26. The van der Waals surface area contributed by atoms with Crippen molar-refractivity contribution in [3.63, 3.8) is 0 Å². The van der Waals surface area contributed by atoms with Gasteiger partial charge in [0.05, 0.1) is 17.1 Å². The second kappa shape index (κ2) is 9.07. The molecule has 144 valence electrons. The summed E-state index contributed by atoms with van der Waals surface area (Å²) in [6.07, 6.45) is 0.653. The van der Waals surface area contributed by atoms with Crippen molar-refractivity contribution in [3.05, 3.63) is 23.8 Å². The maximum absolute atomic E-state index is 12.1. The fourth-order valence-corrected chi connectivity index (χ4v) is 2.46. The van der Waals surface area contributed by atoms with Gasteiger partial charge in [-0.25, -0.2) is 4.79 Å². The summed E-state index contributed by atoms with van der Waals surface area (Å²) in [5.41, 5.74) is 4.85. The lowest BCUT2D eigenvalue weighted by Crippen LogP contribution is -2.43. The zero-order valence-corrected chi connectivity index (χ0v) is 15.6. The maximum Gasteiger partial charge on any atom is 0.319 e. The number of amides is 3. The Labute approximate surface area is 153 Å². The molecular formula is C18H27N3O5. The molecule has 0 unspecified atom stereocenters. The Hall–Kier alpha value is -2.77. The first-order valence-corrected chi connectivity index (χ1v) is 8.54. The average Bonchev–Trinajstić information content (AvgIpc) is 2.56. The largest absolute Gasteiger partial charge is 0.490 e. The number of carbonyl (C=O) groups excluding carboxylic acids is 2. The summed E-state index contributed by atoms with van der Waals surface area (Å²) >= 11 is 0. The van der Waals surface area contributed by atoms with Crippen LogP contribution in [-0.4, -0.2) is 35.7 Å². The lowest BCUT2D eigenvalue weighted by Gasteiger charge is -2.26. The minimum absolute atomic E-state index is 0.00160. The smallest absolute Gasteiger partial charge is 0.319 e. The third kappa shape index (κ3) is 5.37. The number of primary amides is 1. The highest BCUT2D eigenvalue weighted by Gasteiger charge is 2.35. The summed E-state index contributed by atoms with van der Waals surface area (Å²) < 4.78 is 5.52. The van der Waals surface area contributed by atoms with Crippen LogP contribution in [0, 0.1) is 5.41 Å². The molecule has 8 nitrogen and oxygen atoms in total. The van der Waals surface area contributed by atoms with E-state index in [1.54, 1.807) is 26.0 Å². The number of carboxylic acid groups (broad SMARTS) is 1. The first-order chi connectivity index (χ1) is 12.1. The number of hydrogen-bond acceptors (Lipinski definition) is 4. The molecule has 0 saturated heterocycles. The Morgan fingerprint density at radius 1 is 1.23 bits per heavy atom. The fourth-order valence-electron chi connectivity index (χ4n) is 2.46. The number of anilines is 1. The first kappa shape index (κ1) is 21.3. The molecule has 0 heterocycles. The molecule has 5 N–H and O–H groups in total. The summed E-state index contributed by atoms with van der Waals surface area (Å²) in [5, 5.41) is 14.5. The summed E-state index contributed by atoms with van der Waals surface area (Å²) in [5.74, 6) is -1.29. The summed E-state index contributed by atoms with van der Waals surface area (Å²) in [4.78, 5) is 35.2. The second-order valence-electron chi connectivity index (χ2n) is 6.34. The van der Waals surface area contributed by atoms with E-state index in [9.17, 15) is 19.5 Å². The van der Waals surface area contributed by atoms with E-state index >= 15 is 0 Å². The molecule has 0 radical (unpaired) electrons. The summed E-state index contributed by atoms with van der Waals surface area (Å²) in [7, 11) is 0. The molecular weight excluding hydrogens is 338 g/mol. The second-order valence-corrected chi connectivity index (χ2v) is 6.34.